The van der Waals surface area contributed by atoms with Gasteiger partial charge in [-0.2, -0.15) is 0 Å². The summed E-state index contributed by atoms with van der Waals surface area (Å²) in [5, 5.41) is 0.757. The van der Waals surface area contributed by atoms with E-state index in [2.05, 4.69) is 15.9 Å². The molecule has 2 aromatic rings. The summed E-state index contributed by atoms with van der Waals surface area (Å²) in [7, 11) is 1.63. The number of halogens is 3. The second-order valence-corrected chi connectivity index (χ2v) is 8.99. The fraction of sp³-hybridized carbons (Fsp3) is 0.440. The van der Waals surface area contributed by atoms with Crippen LogP contribution in [0.2, 0.25) is 5.02 Å². The number of nitrogens with zero attached hydrogens (tertiary/aromatic N) is 4. The lowest BCUT2D eigenvalue weighted by molar-refractivity contribution is -0.151. The van der Waals surface area contributed by atoms with E-state index in [0.29, 0.717) is 13.1 Å². The van der Waals surface area contributed by atoms with E-state index in [0.717, 1.165) is 61.2 Å². The predicted octanol–water partition coefficient (Wildman–Crippen LogP) is 3.58. The number of amides is 2. The summed E-state index contributed by atoms with van der Waals surface area (Å²) in [6.45, 7) is 6.19. The molecule has 0 unspecified atom stereocenters. The number of rotatable bonds is 8. The molecule has 10 heteroatoms. The molecule has 0 spiro atoms. The van der Waals surface area contributed by atoms with Gasteiger partial charge < -0.3 is 9.64 Å². The highest BCUT2D eigenvalue weighted by Crippen LogP contribution is 2.22. The molecule has 2 aromatic carbocycles. The van der Waals surface area contributed by atoms with Crippen LogP contribution < -0.4 is 9.64 Å². The zero-order valence-corrected chi connectivity index (χ0v) is 22.3. The second-order valence-electron chi connectivity index (χ2n) is 8.56. The van der Waals surface area contributed by atoms with E-state index in [-0.39, 0.29) is 49.7 Å². The first-order chi connectivity index (χ1) is 16.0. The van der Waals surface area contributed by atoms with Crippen molar-refractivity contribution in [3.8, 4) is 5.75 Å². The third kappa shape index (κ3) is 7.72. The molecule has 2 amide bonds. The molecule has 4 rings (SSSR count). The van der Waals surface area contributed by atoms with Gasteiger partial charge in [-0.1, -0.05) is 35.9 Å². The topological polar surface area (TPSA) is 56.3 Å². The quantitative estimate of drug-likeness (QED) is 0.475. The van der Waals surface area contributed by atoms with Crippen LogP contribution in [0.5, 0.6) is 5.75 Å². The molecule has 0 atom stereocenters. The maximum Gasteiger partial charge on any atom is 0.243 e. The molecule has 35 heavy (non-hydrogen) atoms. The van der Waals surface area contributed by atoms with Crippen molar-refractivity contribution in [3.05, 3.63) is 59.1 Å². The molecular weight excluding hydrogens is 511 g/mol. The van der Waals surface area contributed by atoms with E-state index < -0.39 is 0 Å². The summed E-state index contributed by atoms with van der Waals surface area (Å²) in [6.07, 6.45) is 0.793. The minimum Gasteiger partial charge on any atom is -0.496 e. The Balaban J connectivity index is 0.00000216. The summed E-state index contributed by atoms with van der Waals surface area (Å²) in [4.78, 5) is 33.4. The van der Waals surface area contributed by atoms with Crippen LogP contribution >= 0.6 is 36.4 Å². The van der Waals surface area contributed by atoms with Gasteiger partial charge in [0.2, 0.25) is 11.8 Å². The van der Waals surface area contributed by atoms with Crippen molar-refractivity contribution in [1.29, 1.82) is 0 Å². The Morgan fingerprint density at radius 2 is 1.54 bits per heavy atom. The lowest BCUT2D eigenvalue weighted by Crippen LogP contribution is -2.54. The molecular formula is C25H33Cl3N4O3. The summed E-state index contributed by atoms with van der Waals surface area (Å²) in [6, 6.07) is 15.7. The Morgan fingerprint density at radius 1 is 0.857 bits per heavy atom. The largest absolute Gasteiger partial charge is 0.496 e. The molecule has 0 bridgehead atoms. The molecule has 192 valence electrons. The average molecular weight is 544 g/mol. The van der Waals surface area contributed by atoms with Gasteiger partial charge in [-0.3, -0.25) is 24.3 Å². The maximum absolute atomic E-state index is 12.7. The van der Waals surface area contributed by atoms with E-state index in [4.69, 9.17) is 16.3 Å². The fourth-order valence-corrected chi connectivity index (χ4v) is 4.72. The Bertz CT molecular complexity index is 968. The lowest BCUT2D eigenvalue weighted by Gasteiger charge is -2.37. The number of imide groups is 1. The highest BCUT2D eigenvalue weighted by Gasteiger charge is 2.31. The van der Waals surface area contributed by atoms with Crippen LogP contribution in [0.3, 0.4) is 0 Å². The first kappa shape index (κ1) is 29.2. The van der Waals surface area contributed by atoms with Gasteiger partial charge in [-0.05, 0) is 37.2 Å². The van der Waals surface area contributed by atoms with Gasteiger partial charge in [-0.25, -0.2) is 0 Å². The third-order valence-electron chi connectivity index (χ3n) is 6.31. The van der Waals surface area contributed by atoms with E-state index in [1.165, 1.54) is 4.90 Å². The first-order valence-electron chi connectivity index (χ1n) is 11.4. The molecule has 7 nitrogen and oxygen atoms in total. The smallest absolute Gasteiger partial charge is 0.243 e. The summed E-state index contributed by atoms with van der Waals surface area (Å²) >= 11 is 6.12. The molecule has 0 radical (unpaired) electrons. The van der Waals surface area contributed by atoms with Crippen molar-refractivity contribution in [2.45, 2.75) is 13.0 Å². The summed E-state index contributed by atoms with van der Waals surface area (Å²) in [5.41, 5.74) is 2.13. The molecule has 0 aliphatic carbocycles. The number of para-hydroxylation sites is 1. The van der Waals surface area contributed by atoms with Crippen LogP contribution in [0.15, 0.2) is 48.5 Å². The van der Waals surface area contributed by atoms with Crippen molar-refractivity contribution in [3.63, 3.8) is 0 Å². The van der Waals surface area contributed by atoms with Gasteiger partial charge in [-0.15, -0.1) is 24.8 Å². The maximum atomic E-state index is 12.7. The zero-order chi connectivity index (χ0) is 23.2. The number of hydrogen-bond donors (Lipinski definition) is 0. The Labute approximate surface area is 224 Å². The highest BCUT2D eigenvalue weighted by molar-refractivity contribution is 6.30. The minimum absolute atomic E-state index is 0. The summed E-state index contributed by atoms with van der Waals surface area (Å²) < 4.78 is 5.39. The van der Waals surface area contributed by atoms with Crippen molar-refractivity contribution in [2.75, 3.05) is 64.4 Å². The number of hydrogen-bond acceptors (Lipinski definition) is 6. The number of anilines is 1. The van der Waals surface area contributed by atoms with Crippen LogP contribution in [0, 0.1) is 0 Å². The van der Waals surface area contributed by atoms with E-state index >= 15 is 0 Å². The third-order valence-corrected chi connectivity index (χ3v) is 6.54. The molecule has 2 aliphatic heterocycles. The highest BCUT2D eigenvalue weighted by atomic mass is 35.5. The van der Waals surface area contributed by atoms with Gasteiger partial charge in [0.25, 0.3) is 0 Å². The lowest BCUT2D eigenvalue weighted by atomic mass is 10.1. The molecule has 0 N–H and O–H groups in total. The predicted molar refractivity (Wildman–Crippen MR) is 144 cm³/mol. The Morgan fingerprint density at radius 3 is 2.20 bits per heavy atom. The molecule has 2 heterocycles. The number of benzene rings is 2. The van der Waals surface area contributed by atoms with Crippen LogP contribution in [-0.2, 0) is 16.1 Å². The number of carbonyl (C=O) groups excluding carboxylic acids is 2. The van der Waals surface area contributed by atoms with Crippen LogP contribution in [0.1, 0.15) is 12.0 Å². The minimum atomic E-state index is -0.119. The molecule has 2 fully saturated rings. The number of methoxy groups -OCH3 is 1. The van der Waals surface area contributed by atoms with Gasteiger partial charge in [0.05, 0.1) is 20.2 Å². The van der Waals surface area contributed by atoms with Crippen LogP contribution in [0.4, 0.5) is 5.69 Å². The van der Waals surface area contributed by atoms with Crippen LogP contribution in [-0.4, -0.2) is 86.0 Å². The standard InChI is InChI=1S/C25H31ClN4O3.2ClH/c1-33-23-9-3-2-6-20(23)17-28-18-24(31)30(25(32)19-28)11-5-10-27-12-14-29(15-13-27)22-8-4-7-21(26)16-22;;/h2-4,6-9,16H,5,10-15,17-19H2,1H3;2*1H. The Hall–Kier alpha value is -2.03. The molecule has 2 saturated heterocycles. The Kier molecular flexibility index (Phi) is 11.6. The SMILES string of the molecule is COc1ccccc1CN1CC(=O)N(CCCN2CCN(c3cccc(Cl)c3)CC2)C(=O)C1.Cl.Cl. The first-order valence-corrected chi connectivity index (χ1v) is 11.8. The van der Waals surface area contributed by atoms with Crippen molar-refractivity contribution >= 4 is 53.9 Å². The van der Waals surface area contributed by atoms with Gasteiger partial charge in [0.1, 0.15) is 5.75 Å². The van der Waals surface area contributed by atoms with E-state index in [1.807, 2.05) is 47.4 Å². The van der Waals surface area contributed by atoms with Crippen LogP contribution in [0.25, 0.3) is 0 Å². The molecule has 0 saturated carbocycles. The van der Waals surface area contributed by atoms with Crippen molar-refractivity contribution in [1.82, 2.24) is 14.7 Å². The molecule has 2 aliphatic rings. The van der Waals surface area contributed by atoms with Gasteiger partial charge >= 0.3 is 0 Å². The number of piperazine rings is 2. The summed E-state index contributed by atoms with van der Waals surface area (Å²) in [5.74, 6) is 0.536. The number of carbonyl (C=O) groups is 2. The zero-order valence-electron chi connectivity index (χ0n) is 19.9. The van der Waals surface area contributed by atoms with E-state index in [1.54, 1.807) is 7.11 Å². The fourth-order valence-electron chi connectivity index (χ4n) is 4.54. The number of ether oxygens (including phenoxy) is 1. The normalized spacial score (nSPS) is 17.1. The van der Waals surface area contributed by atoms with Crippen molar-refractivity contribution in [2.24, 2.45) is 0 Å². The second kappa shape index (κ2) is 13.9. The monoisotopic (exact) mass is 542 g/mol. The van der Waals surface area contributed by atoms with E-state index in [9.17, 15) is 9.59 Å². The van der Waals surface area contributed by atoms with Gasteiger partial charge in [0.15, 0.2) is 0 Å². The molecule has 0 aromatic heterocycles. The average Bonchev–Trinajstić information content (AvgIpc) is 2.81. The van der Waals surface area contributed by atoms with Gasteiger partial charge in [0, 0.05) is 55.5 Å². The van der Waals surface area contributed by atoms with Crippen molar-refractivity contribution < 1.29 is 14.3 Å².